The number of aryl methyl sites for hydroxylation is 1. The Kier molecular flexibility index (Phi) is 3.73. The van der Waals surface area contributed by atoms with Gasteiger partial charge in [0.2, 0.25) is 5.82 Å². The number of pyridine rings is 1. The predicted octanol–water partition coefficient (Wildman–Crippen LogP) is 0.496. The van der Waals surface area contributed by atoms with E-state index in [2.05, 4.69) is 4.98 Å². The molecule has 1 saturated heterocycles. The van der Waals surface area contributed by atoms with Crippen molar-refractivity contribution < 1.29 is 14.8 Å². The third-order valence-electron chi connectivity index (χ3n) is 2.89. The van der Waals surface area contributed by atoms with Crippen LogP contribution < -0.4 is 4.90 Å². The Morgan fingerprint density at radius 3 is 3.17 bits per heavy atom. The number of nitro groups is 1. The second kappa shape index (κ2) is 5.28. The van der Waals surface area contributed by atoms with Crippen LogP contribution in [0, 0.1) is 17.0 Å². The van der Waals surface area contributed by atoms with E-state index in [0.29, 0.717) is 25.6 Å². The number of nitrogens with zero attached hydrogens (tertiary/aromatic N) is 3. The fourth-order valence-corrected chi connectivity index (χ4v) is 1.99. The molecule has 2 rings (SSSR count). The molecule has 7 nitrogen and oxygen atoms in total. The van der Waals surface area contributed by atoms with Gasteiger partial charge in [0.05, 0.1) is 30.8 Å². The van der Waals surface area contributed by atoms with Gasteiger partial charge in [-0.2, -0.15) is 0 Å². The third kappa shape index (κ3) is 2.41. The molecule has 1 unspecified atom stereocenters. The second-order valence-corrected chi connectivity index (χ2v) is 4.22. The number of morpholine rings is 1. The zero-order valence-electron chi connectivity index (χ0n) is 10.1. The summed E-state index contributed by atoms with van der Waals surface area (Å²) in [6, 6.07) is 1.21. The van der Waals surface area contributed by atoms with Crippen LogP contribution in [0.15, 0.2) is 12.3 Å². The zero-order chi connectivity index (χ0) is 13.1. The monoisotopic (exact) mass is 253 g/mol. The van der Waals surface area contributed by atoms with Crippen molar-refractivity contribution in [3.05, 3.63) is 27.9 Å². The minimum absolute atomic E-state index is 0.0321. The van der Waals surface area contributed by atoms with Crippen LogP contribution >= 0.6 is 0 Å². The van der Waals surface area contributed by atoms with Crippen molar-refractivity contribution in [2.24, 2.45) is 0 Å². The Balaban J connectivity index is 2.39. The summed E-state index contributed by atoms with van der Waals surface area (Å²) in [7, 11) is 0. The molecular weight excluding hydrogens is 238 g/mol. The van der Waals surface area contributed by atoms with E-state index in [4.69, 9.17) is 4.74 Å². The van der Waals surface area contributed by atoms with E-state index in [0.717, 1.165) is 5.56 Å². The molecule has 1 fully saturated rings. The van der Waals surface area contributed by atoms with Gasteiger partial charge in [-0.25, -0.2) is 4.98 Å². The van der Waals surface area contributed by atoms with E-state index in [1.807, 2.05) is 0 Å². The quantitative estimate of drug-likeness (QED) is 0.623. The van der Waals surface area contributed by atoms with Crippen molar-refractivity contribution in [3.63, 3.8) is 0 Å². The predicted molar refractivity (Wildman–Crippen MR) is 64.7 cm³/mol. The number of anilines is 1. The van der Waals surface area contributed by atoms with Crippen molar-refractivity contribution in [1.82, 2.24) is 4.98 Å². The number of aliphatic hydroxyl groups is 1. The van der Waals surface area contributed by atoms with E-state index in [1.54, 1.807) is 18.0 Å². The van der Waals surface area contributed by atoms with E-state index in [9.17, 15) is 15.2 Å². The molecule has 0 saturated carbocycles. The number of aromatic nitrogens is 1. The maximum atomic E-state index is 11.1. The standard InChI is InChI=1S/C11H15N3O4/c1-8-4-10(14(16)17)11(12-5-8)13-2-3-18-7-9(13)6-15/h4-5,9,15H,2-3,6-7H2,1H3. The van der Waals surface area contributed by atoms with Crippen molar-refractivity contribution in [2.45, 2.75) is 13.0 Å². The Hall–Kier alpha value is -1.73. The van der Waals surface area contributed by atoms with Crippen molar-refractivity contribution in [3.8, 4) is 0 Å². The second-order valence-electron chi connectivity index (χ2n) is 4.22. The highest BCUT2D eigenvalue weighted by molar-refractivity contribution is 5.59. The highest BCUT2D eigenvalue weighted by Crippen LogP contribution is 2.28. The zero-order valence-corrected chi connectivity index (χ0v) is 10.1. The van der Waals surface area contributed by atoms with E-state index < -0.39 is 4.92 Å². The van der Waals surface area contributed by atoms with Gasteiger partial charge < -0.3 is 14.7 Å². The number of hydrogen-bond donors (Lipinski definition) is 1. The van der Waals surface area contributed by atoms with Crippen molar-refractivity contribution in [2.75, 3.05) is 31.3 Å². The van der Waals surface area contributed by atoms with Gasteiger partial charge in [-0.1, -0.05) is 0 Å². The maximum Gasteiger partial charge on any atom is 0.311 e. The van der Waals surface area contributed by atoms with Gasteiger partial charge in [0.1, 0.15) is 0 Å². The highest BCUT2D eigenvalue weighted by atomic mass is 16.6. The lowest BCUT2D eigenvalue weighted by Crippen LogP contribution is -2.48. The smallest absolute Gasteiger partial charge is 0.311 e. The third-order valence-corrected chi connectivity index (χ3v) is 2.89. The molecule has 18 heavy (non-hydrogen) atoms. The molecule has 1 aromatic rings. The fourth-order valence-electron chi connectivity index (χ4n) is 1.99. The molecule has 0 spiro atoms. The molecule has 1 aliphatic heterocycles. The van der Waals surface area contributed by atoms with Crippen molar-refractivity contribution in [1.29, 1.82) is 0 Å². The van der Waals surface area contributed by atoms with Crippen LogP contribution in [0.5, 0.6) is 0 Å². The molecule has 2 heterocycles. The van der Waals surface area contributed by atoms with Crippen LogP contribution in [0.1, 0.15) is 5.56 Å². The minimum Gasteiger partial charge on any atom is -0.394 e. The molecule has 98 valence electrons. The molecule has 0 aromatic carbocycles. The fraction of sp³-hybridized carbons (Fsp3) is 0.545. The van der Waals surface area contributed by atoms with Gasteiger partial charge in [-0.05, 0) is 12.5 Å². The number of ether oxygens (including phenoxy) is 1. The summed E-state index contributed by atoms with van der Waals surface area (Å²) in [6.45, 7) is 2.95. The van der Waals surface area contributed by atoms with Crippen LogP contribution in [0.25, 0.3) is 0 Å². The van der Waals surface area contributed by atoms with Gasteiger partial charge in [0, 0.05) is 18.8 Å². The molecule has 0 aliphatic carbocycles. The van der Waals surface area contributed by atoms with Gasteiger partial charge >= 0.3 is 5.69 Å². The first kappa shape index (κ1) is 12.7. The first-order valence-corrected chi connectivity index (χ1v) is 5.69. The van der Waals surface area contributed by atoms with Crippen LogP contribution in [0.3, 0.4) is 0 Å². The summed E-state index contributed by atoms with van der Waals surface area (Å²) >= 11 is 0. The van der Waals surface area contributed by atoms with Crippen LogP contribution in [0.2, 0.25) is 0 Å². The summed E-state index contributed by atoms with van der Waals surface area (Å²) in [4.78, 5) is 16.5. The minimum atomic E-state index is -0.445. The lowest BCUT2D eigenvalue weighted by molar-refractivity contribution is -0.384. The largest absolute Gasteiger partial charge is 0.394 e. The summed E-state index contributed by atoms with van der Waals surface area (Å²) in [5.74, 6) is 0.299. The average Bonchev–Trinajstić information content (AvgIpc) is 2.38. The SMILES string of the molecule is Cc1cnc(N2CCOCC2CO)c([N+](=O)[O-])c1. The maximum absolute atomic E-state index is 11.1. The Bertz CT molecular complexity index is 452. The van der Waals surface area contributed by atoms with Crippen LogP contribution in [0.4, 0.5) is 11.5 Å². The molecule has 7 heteroatoms. The molecule has 1 N–H and O–H groups in total. The molecule has 1 aromatic heterocycles. The average molecular weight is 253 g/mol. The summed E-state index contributed by atoms with van der Waals surface area (Å²) in [5, 5.41) is 20.3. The topological polar surface area (TPSA) is 88.7 Å². The molecule has 0 radical (unpaired) electrons. The van der Waals surface area contributed by atoms with Gasteiger partial charge in [-0.15, -0.1) is 0 Å². The van der Waals surface area contributed by atoms with Crippen LogP contribution in [-0.2, 0) is 4.74 Å². The molecule has 0 amide bonds. The molecule has 1 aliphatic rings. The van der Waals surface area contributed by atoms with Crippen molar-refractivity contribution >= 4 is 11.5 Å². The number of hydrogen-bond acceptors (Lipinski definition) is 6. The van der Waals surface area contributed by atoms with Gasteiger partial charge in [0.25, 0.3) is 0 Å². The van der Waals surface area contributed by atoms with Gasteiger partial charge in [-0.3, -0.25) is 10.1 Å². The first-order valence-electron chi connectivity index (χ1n) is 5.69. The van der Waals surface area contributed by atoms with E-state index >= 15 is 0 Å². The highest BCUT2D eigenvalue weighted by Gasteiger charge is 2.29. The first-order chi connectivity index (χ1) is 8.63. The summed E-state index contributed by atoms with van der Waals surface area (Å²) in [6.07, 6.45) is 1.59. The molecule has 1 atom stereocenters. The number of rotatable bonds is 3. The summed E-state index contributed by atoms with van der Waals surface area (Å²) < 4.78 is 5.25. The Labute approximate surface area is 104 Å². The molecule has 0 bridgehead atoms. The normalized spacial score (nSPS) is 19.9. The van der Waals surface area contributed by atoms with Gasteiger partial charge in [0.15, 0.2) is 0 Å². The lowest BCUT2D eigenvalue weighted by atomic mass is 10.2. The lowest BCUT2D eigenvalue weighted by Gasteiger charge is -2.34. The number of aliphatic hydroxyl groups excluding tert-OH is 1. The molecular formula is C11H15N3O4. The Morgan fingerprint density at radius 2 is 2.50 bits per heavy atom. The van der Waals surface area contributed by atoms with Crippen LogP contribution in [-0.4, -0.2) is 47.4 Å². The Morgan fingerprint density at radius 1 is 1.72 bits per heavy atom. The van der Waals surface area contributed by atoms with E-state index in [-0.39, 0.29) is 18.3 Å². The summed E-state index contributed by atoms with van der Waals surface area (Å²) in [5.41, 5.74) is 0.703. The van der Waals surface area contributed by atoms with E-state index in [1.165, 1.54) is 6.07 Å².